The van der Waals surface area contributed by atoms with Crippen molar-refractivity contribution in [3.8, 4) is 17.6 Å². The number of anilines is 1. The summed E-state index contributed by atoms with van der Waals surface area (Å²) >= 11 is 3.48. The molecule has 6 heteroatoms. The van der Waals surface area contributed by atoms with Crippen LogP contribution in [0.25, 0.3) is 16.8 Å². The highest BCUT2D eigenvalue weighted by atomic mass is 79.9. The first-order chi connectivity index (χ1) is 20.0. The van der Waals surface area contributed by atoms with Crippen molar-refractivity contribution in [2.45, 2.75) is 20.1 Å². The Morgan fingerprint density at radius 3 is 2.41 bits per heavy atom. The summed E-state index contributed by atoms with van der Waals surface area (Å²) in [6.07, 6.45) is 1.54. The van der Waals surface area contributed by atoms with Crippen LogP contribution in [0, 0.1) is 18.3 Å². The second kappa shape index (κ2) is 13.0. The molecular weight excluding hydrogens is 576 g/mol. The van der Waals surface area contributed by atoms with Crippen molar-refractivity contribution in [1.82, 2.24) is 0 Å². The van der Waals surface area contributed by atoms with Crippen LogP contribution in [0.1, 0.15) is 22.3 Å². The van der Waals surface area contributed by atoms with Crippen molar-refractivity contribution in [2.24, 2.45) is 0 Å². The van der Waals surface area contributed by atoms with Crippen LogP contribution in [0.15, 0.2) is 119 Å². The lowest BCUT2D eigenvalue weighted by Gasteiger charge is -2.12. The first-order valence-corrected chi connectivity index (χ1v) is 13.9. The molecule has 0 spiro atoms. The molecule has 5 aromatic rings. The molecule has 0 radical (unpaired) electrons. The number of fused-ring (bicyclic) bond motifs is 1. The van der Waals surface area contributed by atoms with E-state index >= 15 is 0 Å². The molecule has 0 heterocycles. The highest BCUT2D eigenvalue weighted by Crippen LogP contribution is 2.28. The molecule has 41 heavy (non-hydrogen) atoms. The molecule has 0 atom stereocenters. The van der Waals surface area contributed by atoms with Gasteiger partial charge in [-0.2, -0.15) is 5.26 Å². The molecule has 0 bridgehead atoms. The van der Waals surface area contributed by atoms with Crippen LogP contribution in [-0.2, 0) is 18.0 Å². The fraction of sp³-hybridized carbons (Fsp3) is 0.0857. The lowest BCUT2D eigenvalue weighted by atomic mass is 10.1. The summed E-state index contributed by atoms with van der Waals surface area (Å²) in [5.74, 6) is 0.735. The summed E-state index contributed by atoms with van der Waals surface area (Å²) < 4.78 is 12.8. The average Bonchev–Trinajstić information content (AvgIpc) is 2.99. The number of carbonyl (C=O) groups excluding carboxylic acids is 1. The molecule has 1 amide bonds. The van der Waals surface area contributed by atoms with Gasteiger partial charge in [-0.25, -0.2) is 0 Å². The second-order valence-corrected chi connectivity index (χ2v) is 10.4. The van der Waals surface area contributed by atoms with Gasteiger partial charge >= 0.3 is 0 Å². The van der Waals surface area contributed by atoms with E-state index in [1.165, 1.54) is 11.6 Å². The summed E-state index contributed by atoms with van der Waals surface area (Å²) in [4.78, 5) is 13.0. The SMILES string of the molecule is Cc1ccc(COc2ccc(NC(=O)/C(C#N)=C/c3cc(Br)ccc3OCc3cccc4ccccc34)cc2)cc1. The Bertz CT molecular complexity index is 1750. The van der Waals surface area contributed by atoms with Crippen LogP contribution >= 0.6 is 15.9 Å². The number of benzene rings is 5. The lowest BCUT2D eigenvalue weighted by molar-refractivity contribution is -0.112. The smallest absolute Gasteiger partial charge is 0.266 e. The van der Waals surface area contributed by atoms with E-state index in [9.17, 15) is 10.1 Å². The molecule has 1 N–H and O–H groups in total. The zero-order valence-corrected chi connectivity index (χ0v) is 24.0. The number of amides is 1. The number of nitrogens with one attached hydrogen (secondary N) is 1. The van der Waals surface area contributed by atoms with Crippen molar-refractivity contribution < 1.29 is 14.3 Å². The van der Waals surface area contributed by atoms with Crippen LogP contribution in [-0.4, -0.2) is 5.91 Å². The van der Waals surface area contributed by atoms with Crippen molar-refractivity contribution >= 4 is 44.4 Å². The Hall–Kier alpha value is -4.86. The van der Waals surface area contributed by atoms with Crippen LogP contribution in [0.2, 0.25) is 0 Å². The summed E-state index contributed by atoms with van der Waals surface area (Å²) in [7, 11) is 0. The van der Waals surface area contributed by atoms with Gasteiger partial charge in [0.15, 0.2) is 0 Å². The Morgan fingerprint density at radius 2 is 1.63 bits per heavy atom. The highest BCUT2D eigenvalue weighted by molar-refractivity contribution is 9.10. The number of aryl methyl sites for hydroxylation is 1. The third-order valence-corrected chi connectivity index (χ3v) is 7.03. The van der Waals surface area contributed by atoms with Crippen molar-refractivity contribution in [1.29, 1.82) is 5.26 Å². The number of ether oxygens (including phenoxy) is 2. The van der Waals surface area contributed by atoms with Crippen molar-refractivity contribution in [3.05, 3.63) is 141 Å². The zero-order valence-electron chi connectivity index (χ0n) is 22.4. The number of hydrogen-bond donors (Lipinski definition) is 1. The summed E-state index contributed by atoms with van der Waals surface area (Å²) in [5, 5.41) is 14.9. The quantitative estimate of drug-likeness (QED) is 0.135. The van der Waals surface area contributed by atoms with E-state index in [0.717, 1.165) is 26.4 Å². The van der Waals surface area contributed by atoms with E-state index in [4.69, 9.17) is 9.47 Å². The maximum atomic E-state index is 13.0. The third kappa shape index (κ3) is 7.21. The number of nitrogens with zero attached hydrogens (tertiary/aromatic N) is 1. The number of halogens is 1. The number of hydrogen-bond acceptors (Lipinski definition) is 4. The Morgan fingerprint density at radius 1 is 0.878 bits per heavy atom. The van der Waals surface area contributed by atoms with Gasteiger partial charge in [0.2, 0.25) is 0 Å². The van der Waals surface area contributed by atoms with Crippen LogP contribution < -0.4 is 14.8 Å². The minimum Gasteiger partial charge on any atom is -0.489 e. The molecule has 0 unspecified atom stereocenters. The molecule has 202 valence electrons. The van der Waals surface area contributed by atoms with E-state index in [-0.39, 0.29) is 5.57 Å². The van der Waals surface area contributed by atoms with Crippen molar-refractivity contribution in [3.63, 3.8) is 0 Å². The Labute approximate surface area is 247 Å². The molecule has 5 aromatic carbocycles. The molecule has 0 aliphatic rings. The molecule has 0 aromatic heterocycles. The molecule has 5 rings (SSSR count). The van der Waals surface area contributed by atoms with Crippen molar-refractivity contribution in [2.75, 3.05) is 5.32 Å². The third-order valence-electron chi connectivity index (χ3n) is 6.54. The molecule has 0 aliphatic heterocycles. The monoisotopic (exact) mass is 602 g/mol. The average molecular weight is 604 g/mol. The van der Waals surface area contributed by atoms with Gasteiger partial charge in [-0.1, -0.05) is 88.2 Å². The molecule has 5 nitrogen and oxygen atoms in total. The predicted molar refractivity (Wildman–Crippen MR) is 167 cm³/mol. The van der Waals surface area contributed by atoms with E-state index < -0.39 is 5.91 Å². The van der Waals surface area contributed by atoms with Gasteiger partial charge in [-0.3, -0.25) is 4.79 Å². The van der Waals surface area contributed by atoms with Gasteiger partial charge in [0.25, 0.3) is 5.91 Å². The van der Waals surface area contributed by atoms with Gasteiger partial charge in [-0.05, 0) is 77.4 Å². The second-order valence-electron chi connectivity index (χ2n) is 9.53. The largest absolute Gasteiger partial charge is 0.489 e. The van der Waals surface area contributed by atoms with Gasteiger partial charge in [-0.15, -0.1) is 0 Å². The topological polar surface area (TPSA) is 71.3 Å². The molecule has 0 fully saturated rings. The van der Waals surface area contributed by atoms with E-state index in [1.54, 1.807) is 24.3 Å². The van der Waals surface area contributed by atoms with Gasteiger partial charge < -0.3 is 14.8 Å². The lowest BCUT2D eigenvalue weighted by Crippen LogP contribution is -2.13. The van der Waals surface area contributed by atoms with Gasteiger partial charge in [0, 0.05) is 15.7 Å². The standard InChI is InChI=1S/C35H27BrN2O3/c1-24-9-11-25(12-10-24)22-40-32-16-14-31(15-17-32)38-35(39)29(21-37)19-28-20-30(36)13-18-34(28)41-23-27-7-4-6-26-5-2-3-8-33(26)27/h2-20H,22-23H2,1H3,(H,38,39)/b29-19+. The first kappa shape index (κ1) is 27.7. The number of carbonyl (C=O) groups is 1. The van der Waals surface area contributed by atoms with E-state index in [1.807, 2.05) is 79.7 Å². The fourth-order valence-corrected chi connectivity index (χ4v) is 4.70. The molecule has 0 saturated heterocycles. The molecule has 0 saturated carbocycles. The maximum Gasteiger partial charge on any atom is 0.266 e. The summed E-state index contributed by atoms with van der Waals surface area (Å²) in [6.45, 7) is 2.84. The van der Waals surface area contributed by atoms with Crippen LogP contribution in [0.5, 0.6) is 11.5 Å². The van der Waals surface area contributed by atoms with Crippen LogP contribution in [0.4, 0.5) is 5.69 Å². The minimum absolute atomic E-state index is 0.0437. The normalized spacial score (nSPS) is 11.1. The Kier molecular flexibility index (Phi) is 8.78. The van der Waals surface area contributed by atoms with E-state index in [0.29, 0.717) is 36.0 Å². The predicted octanol–water partition coefficient (Wildman–Crippen LogP) is 8.61. The fourth-order valence-electron chi connectivity index (χ4n) is 4.33. The number of nitriles is 1. The Balaban J connectivity index is 1.27. The highest BCUT2D eigenvalue weighted by Gasteiger charge is 2.13. The molecular formula is C35H27BrN2O3. The molecule has 0 aliphatic carbocycles. The summed E-state index contributed by atoms with van der Waals surface area (Å²) in [6, 6.07) is 37.0. The first-order valence-electron chi connectivity index (χ1n) is 13.1. The van der Waals surface area contributed by atoms with E-state index in [2.05, 4.69) is 39.4 Å². The maximum absolute atomic E-state index is 13.0. The van der Waals surface area contributed by atoms with Gasteiger partial charge in [0.1, 0.15) is 36.4 Å². The zero-order chi connectivity index (χ0) is 28.6. The van der Waals surface area contributed by atoms with Crippen LogP contribution in [0.3, 0.4) is 0 Å². The number of rotatable bonds is 9. The summed E-state index contributed by atoms with van der Waals surface area (Å²) in [5.41, 5.74) is 4.45. The minimum atomic E-state index is -0.513. The van der Waals surface area contributed by atoms with Gasteiger partial charge in [0.05, 0.1) is 0 Å².